The van der Waals surface area contributed by atoms with E-state index < -0.39 is 5.97 Å². The van der Waals surface area contributed by atoms with Crippen molar-refractivity contribution in [2.45, 2.75) is 6.92 Å². The molecule has 1 aromatic rings. The fourth-order valence-corrected chi connectivity index (χ4v) is 1.70. The number of halogens is 1. The number of carbonyl (C=O) groups excluding carboxylic acids is 1. The van der Waals surface area contributed by atoms with Crippen molar-refractivity contribution in [3.63, 3.8) is 0 Å². The molecule has 0 atom stereocenters. The number of thiazole rings is 1. The molecule has 1 heterocycles. The molecule has 11 heavy (non-hydrogen) atoms. The number of methoxy groups -OCH3 is 1. The topological polar surface area (TPSA) is 39.2 Å². The molecular weight excluding hydrogens is 186 g/mol. The van der Waals surface area contributed by atoms with Crippen LogP contribution in [0.15, 0.2) is 0 Å². The van der Waals surface area contributed by atoms with Crippen LogP contribution in [0.25, 0.3) is 0 Å². The summed E-state index contributed by atoms with van der Waals surface area (Å²) >= 11 is 6.83. The summed E-state index contributed by atoms with van der Waals surface area (Å²) < 4.78 is 4.84. The van der Waals surface area contributed by atoms with E-state index in [-0.39, 0.29) is 0 Å². The molecule has 1 rings (SSSR count). The van der Waals surface area contributed by atoms with Gasteiger partial charge in [-0.2, -0.15) is 0 Å². The molecule has 0 bridgehead atoms. The van der Waals surface area contributed by atoms with Crippen LogP contribution in [0.2, 0.25) is 4.47 Å². The molecule has 3 nitrogen and oxygen atoms in total. The molecule has 0 saturated carbocycles. The number of esters is 1. The summed E-state index contributed by atoms with van der Waals surface area (Å²) in [4.78, 5) is 15.5. The molecule has 0 aliphatic carbocycles. The predicted octanol–water partition coefficient (Wildman–Crippen LogP) is 1.89. The Morgan fingerprint density at radius 2 is 2.36 bits per heavy atom. The first-order chi connectivity index (χ1) is 5.15. The minimum atomic E-state index is -0.439. The molecule has 0 aliphatic rings. The molecule has 0 N–H and O–H groups in total. The Bertz CT molecular complexity index is 284. The van der Waals surface area contributed by atoms with Gasteiger partial charge in [-0.15, -0.1) is 11.3 Å². The van der Waals surface area contributed by atoms with E-state index in [1.54, 1.807) is 6.92 Å². The molecule has 60 valence electrons. The Morgan fingerprint density at radius 3 is 2.73 bits per heavy atom. The van der Waals surface area contributed by atoms with Crippen LogP contribution in [-0.4, -0.2) is 18.1 Å². The zero-order valence-electron chi connectivity index (χ0n) is 6.05. The van der Waals surface area contributed by atoms with Crippen molar-refractivity contribution >= 4 is 28.9 Å². The summed E-state index contributed by atoms with van der Waals surface area (Å²) in [5.41, 5.74) is 0.308. The number of hydrogen-bond donors (Lipinski definition) is 0. The number of carbonyl (C=O) groups is 1. The third kappa shape index (κ3) is 1.70. The Morgan fingerprint density at radius 1 is 1.73 bits per heavy atom. The van der Waals surface area contributed by atoms with Gasteiger partial charge in [0.15, 0.2) is 10.2 Å². The average Bonchev–Trinajstić information content (AvgIpc) is 2.28. The summed E-state index contributed by atoms with van der Waals surface area (Å²) in [6.45, 7) is 1.77. The van der Waals surface area contributed by atoms with Gasteiger partial charge in [0.1, 0.15) is 0 Å². The van der Waals surface area contributed by atoms with Gasteiger partial charge >= 0.3 is 5.97 Å². The largest absolute Gasteiger partial charge is 0.464 e. The molecule has 0 aliphatic heterocycles. The first-order valence-electron chi connectivity index (χ1n) is 2.86. The maximum Gasteiger partial charge on any atom is 0.357 e. The van der Waals surface area contributed by atoms with E-state index in [0.29, 0.717) is 10.2 Å². The van der Waals surface area contributed by atoms with Crippen molar-refractivity contribution in [2.75, 3.05) is 7.11 Å². The van der Waals surface area contributed by atoms with E-state index in [1.165, 1.54) is 18.4 Å². The van der Waals surface area contributed by atoms with Gasteiger partial charge in [-0.1, -0.05) is 11.6 Å². The second-order valence-corrected chi connectivity index (χ2v) is 3.65. The Balaban J connectivity index is 3.03. The van der Waals surface area contributed by atoms with Crippen LogP contribution in [0.5, 0.6) is 0 Å². The molecule has 0 amide bonds. The number of ether oxygens (including phenoxy) is 1. The molecule has 0 radical (unpaired) electrons. The van der Waals surface area contributed by atoms with Gasteiger partial charge in [0.25, 0.3) is 0 Å². The van der Waals surface area contributed by atoms with Crippen LogP contribution in [-0.2, 0) is 4.74 Å². The first kappa shape index (κ1) is 8.49. The molecule has 5 heteroatoms. The summed E-state index contributed by atoms with van der Waals surface area (Å²) in [5, 5.41) is 0. The van der Waals surface area contributed by atoms with Crippen LogP contribution in [0.1, 0.15) is 15.4 Å². The predicted molar refractivity (Wildman–Crippen MR) is 43.2 cm³/mol. The number of aromatic nitrogens is 1. The van der Waals surface area contributed by atoms with Crippen LogP contribution in [0.3, 0.4) is 0 Å². The Kier molecular flexibility index (Phi) is 2.46. The normalized spacial score (nSPS) is 9.73. The zero-order chi connectivity index (χ0) is 8.43. The lowest BCUT2D eigenvalue weighted by atomic mass is 10.4. The van der Waals surface area contributed by atoms with Crippen LogP contribution in [0, 0.1) is 6.92 Å². The highest BCUT2D eigenvalue weighted by molar-refractivity contribution is 7.15. The maximum absolute atomic E-state index is 10.9. The van der Waals surface area contributed by atoms with Gasteiger partial charge in [-0.3, -0.25) is 0 Å². The van der Waals surface area contributed by atoms with Gasteiger partial charge in [-0.05, 0) is 6.92 Å². The summed E-state index contributed by atoms with van der Waals surface area (Å²) in [6, 6.07) is 0. The van der Waals surface area contributed by atoms with Gasteiger partial charge in [-0.25, -0.2) is 9.78 Å². The van der Waals surface area contributed by atoms with Crippen molar-refractivity contribution in [3.8, 4) is 0 Å². The van der Waals surface area contributed by atoms with Crippen molar-refractivity contribution < 1.29 is 9.53 Å². The number of nitrogens with zero attached hydrogens (tertiary/aromatic N) is 1. The average molecular weight is 192 g/mol. The zero-order valence-corrected chi connectivity index (χ0v) is 7.62. The molecular formula is C6H6ClNO2S. The maximum atomic E-state index is 10.9. The summed E-state index contributed by atoms with van der Waals surface area (Å²) in [5.74, 6) is -0.439. The van der Waals surface area contributed by atoms with Gasteiger partial charge < -0.3 is 4.74 Å². The minimum absolute atomic E-state index is 0.308. The van der Waals surface area contributed by atoms with Crippen molar-refractivity contribution in [2.24, 2.45) is 0 Å². The van der Waals surface area contributed by atoms with Crippen molar-refractivity contribution in [1.82, 2.24) is 4.98 Å². The first-order valence-corrected chi connectivity index (χ1v) is 4.06. The lowest BCUT2D eigenvalue weighted by Gasteiger charge is -1.92. The Labute approximate surface area is 73.0 Å². The van der Waals surface area contributed by atoms with E-state index in [1.807, 2.05) is 0 Å². The lowest BCUT2D eigenvalue weighted by Crippen LogP contribution is -2.02. The number of hydrogen-bond acceptors (Lipinski definition) is 4. The van der Waals surface area contributed by atoms with Crippen LogP contribution >= 0.6 is 22.9 Å². The fraction of sp³-hybridized carbons (Fsp3) is 0.333. The molecule has 0 saturated heterocycles. The smallest absolute Gasteiger partial charge is 0.357 e. The van der Waals surface area contributed by atoms with Gasteiger partial charge in [0.2, 0.25) is 0 Å². The highest BCUT2D eigenvalue weighted by Crippen LogP contribution is 2.21. The summed E-state index contributed by atoms with van der Waals surface area (Å²) in [7, 11) is 1.31. The van der Waals surface area contributed by atoms with Crippen molar-refractivity contribution in [3.05, 3.63) is 15.0 Å². The highest BCUT2D eigenvalue weighted by atomic mass is 35.5. The van der Waals surface area contributed by atoms with Crippen LogP contribution < -0.4 is 0 Å². The van der Waals surface area contributed by atoms with Gasteiger partial charge in [0.05, 0.1) is 7.11 Å². The van der Waals surface area contributed by atoms with E-state index in [0.717, 1.165) is 4.88 Å². The van der Waals surface area contributed by atoms with Crippen LogP contribution in [0.4, 0.5) is 0 Å². The van der Waals surface area contributed by atoms with E-state index in [9.17, 15) is 4.79 Å². The number of aryl methyl sites for hydroxylation is 1. The minimum Gasteiger partial charge on any atom is -0.464 e. The fourth-order valence-electron chi connectivity index (χ4n) is 0.650. The Hall–Kier alpha value is -0.610. The van der Waals surface area contributed by atoms with E-state index >= 15 is 0 Å². The molecule has 1 aromatic heterocycles. The standard InChI is InChI=1S/C6H6ClNO2S/c1-3-4(5(9)10-2)8-6(7)11-3/h1-2H3. The SMILES string of the molecule is COC(=O)c1nc(Cl)sc1C. The molecule has 0 aromatic carbocycles. The summed E-state index contributed by atoms with van der Waals surface area (Å²) in [6.07, 6.45) is 0. The molecule has 0 spiro atoms. The monoisotopic (exact) mass is 191 g/mol. The lowest BCUT2D eigenvalue weighted by molar-refractivity contribution is 0.0594. The van der Waals surface area contributed by atoms with Crippen molar-refractivity contribution in [1.29, 1.82) is 0 Å². The second kappa shape index (κ2) is 3.19. The molecule has 0 fully saturated rings. The van der Waals surface area contributed by atoms with E-state index in [2.05, 4.69) is 9.72 Å². The second-order valence-electron chi connectivity index (χ2n) is 1.86. The quantitative estimate of drug-likeness (QED) is 0.637. The highest BCUT2D eigenvalue weighted by Gasteiger charge is 2.14. The van der Waals surface area contributed by atoms with E-state index in [4.69, 9.17) is 11.6 Å². The van der Waals surface area contributed by atoms with Gasteiger partial charge in [0, 0.05) is 4.88 Å². The number of rotatable bonds is 1. The third-order valence-electron chi connectivity index (χ3n) is 1.15. The third-order valence-corrected chi connectivity index (χ3v) is 2.22. The molecule has 0 unspecified atom stereocenters.